The van der Waals surface area contributed by atoms with Crippen molar-refractivity contribution in [3.63, 3.8) is 0 Å². The fourth-order valence-electron chi connectivity index (χ4n) is 1.72. The lowest BCUT2D eigenvalue weighted by molar-refractivity contribution is 0.432. The molecule has 1 N–H and O–H groups in total. The second kappa shape index (κ2) is 4.33. The Morgan fingerprint density at radius 1 is 0.944 bits per heavy atom. The number of aromatic nitrogens is 2. The third-order valence-electron chi connectivity index (χ3n) is 2.61. The highest BCUT2D eigenvalue weighted by Crippen LogP contribution is 2.30. The Kier molecular flexibility index (Phi) is 2.53. The van der Waals surface area contributed by atoms with Gasteiger partial charge in [-0.25, -0.2) is 0 Å². The molecule has 0 atom stereocenters. The molecule has 0 aliphatic carbocycles. The molecule has 18 heavy (non-hydrogen) atoms. The van der Waals surface area contributed by atoms with Crippen LogP contribution in [0.2, 0.25) is 0 Å². The molecule has 0 aliphatic heterocycles. The predicted octanol–water partition coefficient (Wildman–Crippen LogP) is 3.11. The molecule has 0 saturated carbocycles. The Morgan fingerprint density at radius 2 is 1.78 bits per heavy atom. The van der Waals surface area contributed by atoms with Crippen LogP contribution in [-0.4, -0.2) is 15.2 Å². The van der Waals surface area contributed by atoms with Crippen LogP contribution in [-0.2, 0) is 0 Å². The van der Waals surface area contributed by atoms with Crippen molar-refractivity contribution in [1.82, 2.24) is 10.1 Å². The zero-order chi connectivity index (χ0) is 12.4. The average molecular weight is 238 g/mol. The van der Waals surface area contributed by atoms with E-state index in [9.17, 15) is 5.11 Å². The van der Waals surface area contributed by atoms with E-state index in [0.29, 0.717) is 22.7 Å². The quantitative estimate of drug-likeness (QED) is 0.745. The second-order valence-electron chi connectivity index (χ2n) is 3.81. The van der Waals surface area contributed by atoms with Gasteiger partial charge in [0.05, 0.1) is 0 Å². The van der Waals surface area contributed by atoms with Crippen molar-refractivity contribution >= 4 is 0 Å². The summed E-state index contributed by atoms with van der Waals surface area (Å²) in [6.07, 6.45) is 1.69. The standard InChI is InChI=1S/C14H10N2O2/c17-13-7-2-1-5-10(13)12-9-14(18-16-12)11-6-3-4-8-15-11/h1-9,17H. The summed E-state index contributed by atoms with van der Waals surface area (Å²) in [5.74, 6) is 0.757. The summed E-state index contributed by atoms with van der Waals surface area (Å²) < 4.78 is 5.24. The summed E-state index contributed by atoms with van der Waals surface area (Å²) in [6.45, 7) is 0. The largest absolute Gasteiger partial charge is 0.507 e. The first-order chi connectivity index (χ1) is 8.84. The van der Waals surface area contributed by atoms with Crippen molar-refractivity contribution in [2.75, 3.05) is 0 Å². The van der Waals surface area contributed by atoms with Gasteiger partial charge >= 0.3 is 0 Å². The predicted molar refractivity (Wildman–Crippen MR) is 66.8 cm³/mol. The normalized spacial score (nSPS) is 10.4. The van der Waals surface area contributed by atoms with E-state index in [1.807, 2.05) is 24.3 Å². The van der Waals surface area contributed by atoms with E-state index in [0.717, 1.165) is 0 Å². The average Bonchev–Trinajstić information content (AvgIpc) is 2.90. The van der Waals surface area contributed by atoms with Gasteiger partial charge in [0, 0.05) is 17.8 Å². The third-order valence-corrected chi connectivity index (χ3v) is 2.61. The molecule has 0 bridgehead atoms. The van der Waals surface area contributed by atoms with Crippen molar-refractivity contribution in [1.29, 1.82) is 0 Å². The van der Waals surface area contributed by atoms with Crippen LogP contribution in [0.15, 0.2) is 59.3 Å². The number of aromatic hydroxyl groups is 1. The molecule has 0 unspecified atom stereocenters. The van der Waals surface area contributed by atoms with Gasteiger partial charge in [0.15, 0.2) is 5.76 Å². The highest BCUT2D eigenvalue weighted by molar-refractivity contribution is 5.69. The molecule has 88 valence electrons. The lowest BCUT2D eigenvalue weighted by Crippen LogP contribution is -1.78. The van der Waals surface area contributed by atoms with Crippen LogP contribution in [0.4, 0.5) is 0 Å². The molecule has 4 nitrogen and oxygen atoms in total. The number of hydrogen-bond donors (Lipinski definition) is 1. The number of benzene rings is 1. The van der Waals surface area contributed by atoms with Crippen molar-refractivity contribution in [3.8, 4) is 28.5 Å². The molecule has 0 aliphatic rings. The molecule has 2 aromatic heterocycles. The summed E-state index contributed by atoms with van der Waals surface area (Å²) in [4.78, 5) is 4.18. The zero-order valence-corrected chi connectivity index (χ0v) is 9.45. The van der Waals surface area contributed by atoms with Crippen LogP contribution >= 0.6 is 0 Å². The van der Waals surface area contributed by atoms with Crippen molar-refractivity contribution in [2.45, 2.75) is 0 Å². The Labute approximate surface area is 104 Å². The second-order valence-corrected chi connectivity index (χ2v) is 3.81. The number of pyridine rings is 1. The molecule has 3 aromatic rings. The molecule has 0 radical (unpaired) electrons. The van der Waals surface area contributed by atoms with Crippen molar-refractivity contribution in [2.24, 2.45) is 0 Å². The first-order valence-corrected chi connectivity index (χ1v) is 5.51. The maximum Gasteiger partial charge on any atom is 0.185 e. The van der Waals surface area contributed by atoms with E-state index in [-0.39, 0.29) is 5.75 Å². The van der Waals surface area contributed by atoms with Crippen LogP contribution in [0.1, 0.15) is 0 Å². The van der Waals surface area contributed by atoms with Gasteiger partial charge in [-0.3, -0.25) is 4.98 Å². The molecule has 0 saturated heterocycles. The molecule has 1 aromatic carbocycles. The minimum Gasteiger partial charge on any atom is -0.507 e. The van der Waals surface area contributed by atoms with Crippen LogP contribution in [0, 0.1) is 0 Å². The number of phenolic OH excluding ortho intramolecular Hbond substituents is 1. The van der Waals surface area contributed by atoms with Gasteiger partial charge in [-0.1, -0.05) is 23.4 Å². The minimum atomic E-state index is 0.179. The van der Waals surface area contributed by atoms with Crippen LogP contribution in [0.25, 0.3) is 22.7 Å². The highest BCUT2D eigenvalue weighted by atomic mass is 16.5. The van der Waals surface area contributed by atoms with Gasteiger partial charge in [-0.2, -0.15) is 0 Å². The Balaban J connectivity index is 2.03. The summed E-state index contributed by atoms with van der Waals surface area (Å²) in [6, 6.07) is 14.3. The van der Waals surface area contributed by atoms with Gasteiger partial charge in [0.2, 0.25) is 0 Å². The molecular formula is C14H10N2O2. The fraction of sp³-hybridized carbons (Fsp3) is 0. The summed E-state index contributed by atoms with van der Waals surface area (Å²) in [5.41, 5.74) is 1.95. The van der Waals surface area contributed by atoms with Gasteiger partial charge in [0.1, 0.15) is 17.1 Å². The van der Waals surface area contributed by atoms with Crippen molar-refractivity contribution < 1.29 is 9.63 Å². The third kappa shape index (κ3) is 1.84. The summed E-state index contributed by atoms with van der Waals surface area (Å²) in [5, 5.41) is 13.7. The van der Waals surface area contributed by atoms with E-state index in [4.69, 9.17) is 4.52 Å². The number of nitrogens with zero attached hydrogens (tertiary/aromatic N) is 2. The molecule has 3 rings (SSSR count). The number of para-hydroxylation sites is 1. The Morgan fingerprint density at radius 3 is 2.56 bits per heavy atom. The zero-order valence-electron chi connectivity index (χ0n) is 9.45. The summed E-state index contributed by atoms with van der Waals surface area (Å²) in [7, 11) is 0. The van der Waals surface area contributed by atoms with Gasteiger partial charge < -0.3 is 9.63 Å². The van der Waals surface area contributed by atoms with E-state index < -0.39 is 0 Å². The Bertz CT molecular complexity index is 662. The lowest BCUT2D eigenvalue weighted by atomic mass is 10.1. The fourth-order valence-corrected chi connectivity index (χ4v) is 1.72. The van der Waals surface area contributed by atoms with Gasteiger partial charge in [0.25, 0.3) is 0 Å². The number of rotatable bonds is 2. The van der Waals surface area contributed by atoms with Crippen LogP contribution in [0.5, 0.6) is 5.75 Å². The maximum atomic E-state index is 9.75. The monoisotopic (exact) mass is 238 g/mol. The maximum absolute atomic E-state index is 9.75. The van der Waals surface area contributed by atoms with E-state index >= 15 is 0 Å². The molecule has 0 amide bonds. The van der Waals surface area contributed by atoms with Crippen LogP contribution < -0.4 is 0 Å². The number of phenols is 1. The SMILES string of the molecule is Oc1ccccc1-c1cc(-c2ccccn2)on1. The van der Waals surface area contributed by atoms with Gasteiger partial charge in [-0.05, 0) is 24.3 Å². The van der Waals surface area contributed by atoms with E-state index in [1.165, 1.54) is 0 Å². The minimum absolute atomic E-state index is 0.179. The van der Waals surface area contributed by atoms with Gasteiger partial charge in [-0.15, -0.1) is 0 Å². The highest BCUT2D eigenvalue weighted by Gasteiger charge is 2.11. The molecule has 4 heteroatoms. The molecule has 0 spiro atoms. The van der Waals surface area contributed by atoms with Crippen LogP contribution in [0.3, 0.4) is 0 Å². The first kappa shape index (κ1) is 10.5. The molecular weight excluding hydrogens is 228 g/mol. The Hall–Kier alpha value is -2.62. The van der Waals surface area contributed by atoms with E-state index in [2.05, 4.69) is 10.1 Å². The summed E-state index contributed by atoms with van der Waals surface area (Å²) >= 11 is 0. The smallest absolute Gasteiger partial charge is 0.185 e. The van der Waals surface area contributed by atoms with Crippen molar-refractivity contribution in [3.05, 3.63) is 54.7 Å². The van der Waals surface area contributed by atoms with E-state index in [1.54, 1.807) is 30.5 Å². The first-order valence-electron chi connectivity index (χ1n) is 5.51. The molecule has 0 fully saturated rings. The topological polar surface area (TPSA) is 59.2 Å². The molecule has 2 heterocycles. The number of hydrogen-bond acceptors (Lipinski definition) is 4. The lowest BCUT2D eigenvalue weighted by Gasteiger charge is -1.97.